The second-order valence-electron chi connectivity index (χ2n) is 6.19. The van der Waals surface area contributed by atoms with Crippen molar-refractivity contribution in [2.24, 2.45) is 4.99 Å². The molecule has 3 rings (SSSR count). The predicted octanol–water partition coefficient (Wildman–Crippen LogP) is 2.65. The van der Waals surface area contributed by atoms with Crippen molar-refractivity contribution in [1.82, 2.24) is 10.6 Å². The highest BCUT2D eigenvalue weighted by Crippen LogP contribution is 2.38. The number of guanidine groups is 1. The second kappa shape index (κ2) is 9.21. The van der Waals surface area contributed by atoms with Gasteiger partial charge in [-0.25, -0.2) is 4.99 Å². The van der Waals surface area contributed by atoms with E-state index in [4.69, 9.17) is 9.47 Å². The van der Waals surface area contributed by atoms with Crippen LogP contribution >= 0.6 is 0 Å². The summed E-state index contributed by atoms with van der Waals surface area (Å²) in [6.45, 7) is -2.96. The van der Waals surface area contributed by atoms with Crippen molar-refractivity contribution in [3.05, 3.63) is 53.6 Å². The molecule has 0 radical (unpaired) electrons. The number of nitrogens with zero attached hydrogens (tertiary/aromatic N) is 1. The third-order valence-electron chi connectivity index (χ3n) is 4.29. The zero-order valence-electron chi connectivity index (χ0n) is 16.1. The number of alkyl halides is 2. The molecular formula is C20H19F2N3O5. The van der Waals surface area contributed by atoms with Crippen LogP contribution in [-0.4, -0.2) is 38.6 Å². The van der Waals surface area contributed by atoms with Gasteiger partial charge in [0, 0.05) is 11.1 Å². The molecule has 0 aromatic heterocycles. The zero-order chi connectivity index (χ0) is 21.7. The van der Waals surface area contributed by atoms with Crippen LogP contribution in [0, 0.1) is 0 Å². The van der Waals surface area contributed by atoms with Crippen LogP contribution in [0.1, 0.15) is 28.4 Å². The summed E-state index contributed by atoms with van der Waals surface area (Å²) in [7, 11) is 2.99. The summed E-state index contributed by atoms with van der Waals surface area (Å²) in [6.07, 6.45) is 0.0581. The number of carbonyl (C=O) groups is 2. The first kappa shape index (κ1) is 21.0. The van der Waals surface area contributed by atoms with E-state index in [1.807, 2.05) is 0 Å². The molecule has 0 spiro atoms. The van der Waals surface area contributed by atoms with Crippen LogP contribution in [0.2, 0.25) is 0 Å². The lowest BCUT2D eigenvalue weighted by Crippen LogP contribution is -2.47. The number of aliphatic imine (C=N–C) groups is 1. The van der Waals surface area contributed by atoms with E-state index in [9.17, 15) is 18.4 Å². The Morgan fingerprint density at radius 3 is 2.53 bits per heavy atom. The molecule has 0 unspecified atom stereocenters. The smallest absolute Gasteiger partial charge is 0.387 e. The molecule has 2 N–H and O–H groups in total. The van der Waals surface area contributed by atoms with E-state index in [-0.39, 0.29) is 29.6 Å². The van der Waals surface area contributed by atoms with Crippen LogP contribution in [-0.2, 0) is 4.79 Å². The molecule has 2 amide bonds. The van der Waals surface area contributed by atoms with Gasteiger partial charge in [0.25, 0.3) is 5.91 Å². The molecule has 1 atom stereocenters. The Morgan fingerprint density at radius 1 is 1.17 bits per heavy atom. The molecule has 2 aromatic carbocycles. The molecule has 2 aromatic rings. The Balaban J connectivity index is 1.80. The first-order valence-corrected chi connectivity index (χ1v) is 8.86. The van der Waals surface area contributed by atoms with Gasteiger partial charge in [0.15, 0.2) is 11.5 Å². The van der Waals surface area contributed by atoms with E-state index in [2.05, 4.69) is 20.4 Å². The average molecular weight is 419 g/mol. The Labute approximate surface area is 170 Å². The van der Waals surface area contributed by atoms with Gasteiger partial charge < -0.3 is 14.2 Å². The third-order valence-corrected chi connectivity index (χ3v) is 4.29. The number of carbonyl (C=O) groups excluding carboxylic acids is 2. The highest BCUT2D eigenvalue weighted by Gasteiger charge is 2.27. The predicted molar refractivity (Wildman–Crippen MR) is 103 cm³/mol. The minimum atomic E-state index is -2.96. The van der Waals surface area contributed by atoms with Gasteiger partial charge in [0.05, 0.1) is 26.7 Å². The van der Waals surface area contributed by atoms with Crippen molar-refractivity contribution in [1.29, 1.82) is 0 Å². The van der Waals surface area contributed by atoms with Gasteiger partial charge in [-0.05, 0) is 30.3 Å². The van der Waals surface area contributed by atoms with Crippen LogP contribution in [0.3, 0.4) is 0 Å². The van der Waals surface area contributed by atoms with E-state index in [0.29, 0.717) is 17.1 Å². The van der Waals surface area contributed by atoms with Gasteiger partial charge in [0.1, 0.15) is 5.75 Å². The molecule has 158 valence electrons. The Hall–Kier alpha value is -3.69. The van der Waals surface area contributed by atoms with Gasteiger partial charge in [-0.2, -0.15) is 8.78 Å². The van der Waals surface area contributed by atoms with E-state index < -0.39 is 18.6 Å². The molecule has 1 heterocycles. The summed E-state index contributed by atoms with van der Waals surface area (Å²) in [5.74, 6) is -0.0718. The maximum atomic E-state index is 12.4. The first-order valence-electron chi connectivity index (χ1n) is 8.86. The highest BCUT2D eigenvalue weighted by atomic mass is 19.3. The molecule has 0 bridgehead atoms. The number of para-hydroxylation sites is 1. The quantitative estimate of drug-likeness (QED) is 0.750. The van der Waals surface area contributed by atoms with Crippen molar-refractivity contribution in [2.45, 2.75) is 19.1 Å². The van der Waals surface area contributed by atoms with Crippen LogP contribution in [0.15, 0.2) is 47.5 Å². The Kier molecular flexibility index (Phi) is 6.45. The maximum absolute atomic E-state index is 12.4. The fraction of sp³-hybridized carbons (Fsp3) is 0.250. The van der Waals surface area contributed by atoms with Crippen molar-refractivity contribution in [3.8, 4) is 17.2 Å². The average Bonchev–Trinajstić information content (AvgIpc) is 2.72. The third kappa shape index (κ3) is 4.83. The number of hydrogen-bond acceptors (Lipinski definition) is 6. The number of ether oxygens (including phenoxy) is 3. The number of rotatable bonds is 6. The van der Waals surface area contributed by atoms with Gasteiger partial charge in [0.2, 0.25) is 11.9 Å². The van der Waals surface area contributed by atoms with Crippen molar-refractivity contribution < 1.29 is 32.6 Å². The normalized spacial score (nSPS) is 15.8. The second-order valence-corrected chi connectivity index (χ2v) is 6.19. The lowest BCUT2D eigenvalue weighted by molar-refractivity contribution is -0.120. The van der Waals surface area contributed by atoms with Crippen LogP contribution in [0.4, 0.5) is 8.78 Å². The van der Waals surface area contributed by atoms with Crippen LogP contribution in [0.25, 0.3) is 0 Å². The molecular weight excluding hydrogens is 400 g/mol. The number of benzene rings is 2. The molecule has 0 fully saturated rings. The van der Waals surface area contributed by atoms with Gasteiger partial charge in [-0.15, -0.1) is 0 Å². The van der Waals surface area contributed by atoms with Crippen molar-refractivity contribution in [3.63, 3.8) is 0 Å². The zero-order valence-corrected chi connectivity index (χ0v) is 16.1. The molecule has 1 aliphatic rings. The molecule has 1 aliphatic heterocycles. The Bertz CT molecular complexity index is 963. The van der Waals surface area contributed by atoms with E-state index in [1.54, 1.807) is 18.2 Å². The number of hydrogen-bond donors (Lipinski definition) is 2. The summed E-state index contributed by atoms with van der Waals surface area (Å²) < 4.78 is 39.4. The summed E-state index contributed by atoms with van der Waals surface area (Å²) in [4.78, 5) is 29.0. The standard InChI is InChI=1S/C20H19F2N3O5/c1-28-15-5-3-4-13(17(15)29-2)14-10-16(26)24-20(23-14)25-18(27)11-6-8-12(9-7-11)30-19(21)22/h3-9,14,19H,10H2,1-2H3,(H2,23,24,25,26,27)/t14-/m1/s1. The topological polar surface area (TPSA) is 98.3 Å². The molecule has 0 saturated heterocycles. The largest absolute Gasteiger partial charge is 0.493 e. The van der Waals surface area contributed by atoms with Crippen molar-refractivity contribution >= 4 is 17.8 Å². The SMILES string of the molecule is COc1cccc([C@H]2CC(=O)NC(NC(=O)c3ccc(OC(F)F)cc3)=N2)c1OC. The molecule has 0 saturated carbocycles. The van der Waals surface area contributed by atoms with E-state index >= 15 is 0 Å². The van der Waals surface area contributed by atoms with Crippen molar-refractivity contribution in [2.75, 3.05) is 14.2 Å². The van der Waals surface area contributed by atoms with Gasteiger partial charge in [-0.3, -0.25) is 20.2 Å². The molecule has 8 nitrogen and oxygen atoms in total. The van der Waals surface area contributed by atoms with Gasteiger partial charge >= 0.3 is 6.61 Å². The van der Waals surface area contributed by atoms with E-state index in [1.165, 1.54) is 38.5 Å². The highest BCUT2D eigenvalue weighted by molar-refractivity contribution is 6.10. The fourth-order valence-electron chi connectivity index (χ4n) is 2.98. The summed E-state index contributed by atoms with van der Waals surface area (Å²) in [5, 5.41) is 5.01. The summed E-state index contributed by atoms with van der Waals surface area (Å²) in [5.41, 5.74) is 0.807. The number of methoxy groups -OCH3 is 2. The molecule has 0 aliphatic carbocycles. The van der Waals surface area contributed by atoms with Crippen LogP contribution < -0.4 is 24.8 Å². The molecule has 10 heteroatoms. The molecule has 30 heavy (non-hydrogen) atoms. The van der Waals surface area contributed by atoms with E-state index in [0.717, 1.165) is 0 Å². The summed E-state index contributed by atoms with van der Waals surface area (Å²) >= 11 is 0. The minimum absolute atomic E-state index is 0.0287. The monoisotopic (exact) mass is 419 g/mol. The number of amides is 2. The number of nitrogens with one attached hydrogen (secondary N) is 2. The first-order chi connectivity index (χ1) is 14.4. The lowest BCUT2D eigenvalue weighted by atomic mass is 10.0. The summed E-state index contributed by atoms with van der Waals surface area (Å²) in [6, 6.07) is 9.76. The van der Waals surface area contributed by atoms with Gasteiger partial charge in [-0.1, -0.05) is 12.1 Å². The fourth-order valence-corrected chi connectivity index (χ4v) is 2.98. The minimum Gasteiger partial charge on any atom is -0.493 e. The maximum Gasteiger partial charge on any atom is 0.387 e. The lowest BCUT2D eigenvalue weighted by Gasteiger charge is -2.23. The number of halogens is 2. The van der Waals surface area contributed by atoms with Crippen LogP contribution in [0.5, 0.6) is 17.2 Å². The Morgan fingerprint density at radius 2 is 1.90 bits per heavy atom.